The predicted octanol–water partition coefficient (Wildman–Crippen LogP) is 11.0. The maximum atomic E-state index is 4.61. The number of benzene rings is 2. The largest absolute Gasteiger partial charge is 0.0952 e. The Morgan fingerprint density at radius 3 is 1.92 bits per heavy atom. The first-order valence-electron chi connectivity index (χ1n) is 14.7. The van der Waals surface area contributed by atoms with Crippen LogP contribution in [0.2, 0.25) is 0 Å². The van der Waals surface area contributed by atoms with E-state index in [1.54, 1.807) is 0 Å². The quantitative estimate of drug-likeness (QED) is 0.300. The van der Waals surface area contributed by atoms with Gasteiger partial charge in [0.2, 0.25) is 0 Å². The standard InChI is InChI=1S/C38H50/c1-26(34-22-30(24-37(4,5)6)21-31(23-34)25-38(7,8)9)19-28(3)35-11-10-12-36(35)33-17-15-32(16-18-33)27(2)20-29-13-14-29/h10-12,15-18,21-23,28-29,36H,1-2,13-14,19-20,24-25H2,3-9H3/t28-,36?/m1/s1. The molecule has 0 spiro atoms. The number of hydrogen-bond acceptors (Lipinski definition) is 0. The van der Waals surface area contributed by atoms with E-state index < -0.39 is 0 Å². The zero-order valence-corrected chi connectivity index (χ0v) is 25.2. The molecule has 2 aromatic carbocycles. The molecule has 2 aromatic rings. The monoisotopic (exact) mass is 506 g/mol. The van der Waals surface area contributed by atoms with Crippen LogP contribution in [0.4, 0.5) is 0 Å². The predicted molar refractivity (Wildman–Crippen MR) is 168 cm³/mol. The van der Waals surface area contributed by atoms with E-state index in [4.69, 9.17) is 0 Å². The van der Waals surface area contributed by atoms with E-state index in [0.717, 1.165) is 31.6 Å². The van der Waals surface area contributed by atoms with E-state index in [9.17, 15) is 0 Å². The Morgan fingerprint density at radius 2 is 1.39 bits per heavy atom. The summed E-state index contributed by atoms with van der Waals surface area (Å²) in [6, 6.07) is 16.4. The molecule has 2 aliphatic rings. The normalized spacial score (nSPS) is 18.4. The molecule has 1 unspecified atom stereocenters. The van der Waals surface area contributed by atoms with Gasteiger partial charge in [0.25, 0.3) is 0 Å². The van der Waals surface area contributed by atoms with Crippen LogP contribution in [0.15, 0.2) is 79.4 Å². The second-order valence-electron chi connectivity index (χ2n) is 14.6. The molecule has 0 N–H and O–H groups in total. The summed E-state index contributed by atoms with van der Waals surface area (Å²) in [5.74, 6) is 1.67. The highest BCUT2D eigenvalue weighted by atomic mass is 14.3. The van der Waals surface area contributed by atoms with Gasteiger partial charge in [-0.25, -0.2) is 0 Å². The molecule has 4 rings (SSSR count). The lowest BCUT2D eigenvalue weighted by Crippen LogP contribution is -2.13. The third kappa shape index (κ3) is 7.95. The molecule has 0 aromatic heterocycles. The van der Waals surface area contributed by atoms with Crippen LogP contribution in [-0.2, 0) is 12.8 Å². The summed E-state index contributed by atoms with van der Waals surface area (Å²) >= 11 is 0. The molecule has 1 fully saturated rings. The molecule has 0 heterocycles. The molecule has 0 bridgehead atoms. The van der Waals surface area contributed by atoms with Crippen molar-refractivity contribution in [2.24, 2.45) is 22.7 Å². The van der Waals surface area contributed by atoms with Crippen LogP contribution in [0.5, 0.6) is 0 Å². The van der Waals surface area contributed by atoms with Gasteiger partial charge < -0.3 is 0 Å². The van der Waals surface area contributed by atoms with Crippen LogP contribution < -0.4 is 0 Å². The van der Waals surface area contributed by atoms with E-state index in [1.165, 1.54) is 57.4 Å². The van der Waals surface area contributed by atoms with E-state index in [2.05, 4.69) is 122 Å². The molecular formula is C38H50. The van der Waals surface area contributed by atoms with Crippen LogP contribution in [0.25, 0.3) is 11.1 Å². The maximum Gasteiger partial charge on any atom is 0.0237 e. The minimum atomic E-state index is 0.264. The van der Waals surface area contributed by atoms with E-state index in [-0.39, 0.29) is 10.8 Å². The van der Waals surface area contributed by atoms with Gasteiger partial charge >= 0.3 is 0 Å². The summed E-state index contributed by atoms with van der Waals surface area (Å²) in [5.41, 5.74) is 11.4. The van der Waals surface area contributed by atoms with E-state index >= 15 is 0 Å². The highest BCUT2D eigenvalue weighted by molar-refractivity contribution is 5.66. The van der Waals surface area contributed by atoms with Crippen molar-refractivity contribution in [3.8, 4) is 0 Å². The summed E-state index contributed by atoms with van der Waals surface area (Å²) in [5, 5.41) is 0. The average Bonchev–Trinajstić information content (AvgIpc) is 3.47. The first kappa shape index (κ1) is 28.4. The molecule has 2 aliphatic carbocycles. The fraction of sp³-hybridized carbons (Fsp3) is 0.474. The zero-order valence-electron chi connectivity index (χ0n) is 25.2. The van der Waals surface area contributed by atoms with Gasteiger partial charge in [0.1, 0.15) is 0 Å². The Morgan fingerprint density at radius 1 is 0.816 bits per heavy atom. The minimum Gasteiger partial charge on any atom is -0.0952 e. The highest BCUT2D eigenvalue weighted by Crippen LogP contribution is 2.41. The summed E-state index contributed by atoms with van der Waals surface area (Å²) < 4.78 is 0. The van der Waals surface area contributed by atoms with Crippen molar-refractivity contribution in [1.82, 2.24) is 0 Å². The lowest BCUT2D eigenvalue weighted by Gasteiger charge is -2.24. The van der Waals surface area contributed by atoms with E-state index in [1.807, 2.05) is 0 Å². The molecule has 1 saturated carbocycles. The van der Waals surface area contributed by atoms with Gasteiger partial charge in [-0.15, -0.1) is 0 Å². The van der Waals surface area contributed by atoms with Crippen molar-refractivity contribution >= 4 is 11.1 Å². The van der Waals surface area contributed by atoms with Gasteiger partial charge in [-0.3, -0.25) is 0 Å². The Balaban J connectivity index is 1.47. The summed E-state index contributed by atoms with van der Waals surface area (Å²) in [7, 11) is 0. The Labute approximate surface area is 233 Å². The van der Waals surface area contributed by atoms with Crippen molar-refractivity contribution in [1.29, 1.82) is 0 Å². The first-order chi connectivity index (χ1) is 17.8. The first-order valence-corrected chi connectivity index (χ1v) is 14.7. The second kappa shape index (κ2) is 11.3. The zero-order chi connectivity index (χ0) is 27.7. The number of hydrogen-bond donors (Lipinski definition) is 0. The van der Waals surface area contributed by atoms with Gasteiger partial charge in [0.15, 0.2) is 0 Å². The minimum absolute atomic E-state index is 0.264. The topological polar surface area (TPSA) is 0 Å². The molecule has 0 heteroatoms. The van der Waals surface area contributed by atoms with Crippen molar-refractivity contribution in [3.05, 3.63) is 107 Å². The summed E-state index contributed by atoms with van der Waals surface area (Å²) in [6.45, 7) is 25.3. The lowest BCUT2D eigenvalue weighted by atomic mass is 9.80. The van der Waals surface area contributed by atoms with Crippen LogP contribution >= 0.6 is 0 Å². The van der Waals surface area contributed by atoms with Gasteiger partial charge in [-0.2, -0.15) is 0 Å². The Hall–Kier alpha value is -2.60. The molecule has 0 aliphatic heterocycles. The molecule has 0 radical (unpaired) electrons. The second-order valence-corrected chi connectivity index (χ2v) is 14.6. The van der Waals surface area contributed by atoms with Crippen molar-refractivity contribution in [3.63, 3.8) is 0 Å². The highest BCUT2D eigenvalue weighted by Gasteiger charge is 2.25. The van der Waals surface area contributed by atoms with Gasteiger partial charge in [0.05, 0.1) is 0 Å². The SMILES string of the molecule is C=C(CC1CC1)c1ccc(C2C=CC=C2[C@H](C)CC(=C)c2cc(CC(C)(C)C)cc(CC(C)(C)C)c2)cc1. The molecule has 0 amide bonds. The molecule has 38 heavy (non-hydrogen) atoms. The Kier molecular flexibility index (Phi) is 8.41. The molecule has 0 nitrogen and oxygen atoms in total. The van der Waals surface area contributed by atoms with Gasteiger partial charge in [0, 0.05) is 5.92 Å². The van der Waals surface area contributed by atoms with Crippen LogP contribution in [0.3, 0.4) is 0 Å². The maximum absolute atomic E-state index is 4.61. The average molecular weight is 507 g/mol. The van der Waals surface area contributed by atoms with Crippen LogP contribution in [0, 0.1) is 22.7 Å². The van der Waals surface area contributed by atoms with Crippen molar-refractivity contribution < 1.29 is 0 Å². The van der Waals surface area contributed by atoms with Crippen molar-refractivity contribution in [2.75, 3.05) is 0 Å². The van der Waals surface area contributed by atoms with E-state index in [0.29, 0.717) is 11.8 Å². The molecule has 2 atom stereocenters. The lowest BCUT2D eigenvalue weighted by molar-refractivity contribution is 0.405. The summed E-state index contributed by atoms with van der Waals surface area (Å²) in [4.78, 5) is 0. The van der Waals surface area contributed by atoms with Gasteiger partial charge in [-0.1, -0.05) is 128 Å². The fourth-order valence-electron chi connectivity index (χ4n) is 5.98. The van der Waals surface area contributed by atoms with Crippen LogP contribution in [0.1, 0.15) is 108 Å². The van der Waals surface area contributed by atoms with Gasteiger partial charge in [-0.05, 0) is 100 Å². The number of rotatable bonds is 10. The summed E-state index contributed by atoms with van der Waals surface area (Å²) in [6.07, 6.45) is 14.0. The Bertz CT molecular complexity index is 1180. The third-order valence-corrected chi connectivity index (χ3v) is 7.91. The molecular weight excluding hydrogens is 456 g/mol. The van der Waals surface area contributed by atoms with Crippen molar-refractivity contribution in [2.45, 2.75) is 92.9 Å². The molecule has 0 saturated heterocycles. The third-order valence-electron chi connectivity index (χ3n) is 7.91. The fourth-order valence-corrected chi connectivity index (χ4v) is 5.98. The van der Waals surface area contributed by atoms with Crippen LogP contribution in [-0.4, -0.2) is 0 Å². The molecule has 202 valence electrons. The smallest absolute Gasteiger partial charge is 0.0237 e. The number of allylic oxidation sites excluding steroid dienone is 6.